The number of nitrogens with two attached hydrogens (primary N) is 1. The smallest absolute Gasteiger partial charge is 0.00774 e. The number of rotatable bonds is 2. The first-order valence-corrected chi connectivity index (χ1v) is 5.61. The van der Waals surface area contributed by atoms with Crippen LogP contribution in [0, 0.1) is 0 Å². The molecule has 0 amide bonds. The van der Waals surface area contributed by atoms with Gasteiger partial charge in [0.25, 0.3) is 0 Å². The predicted octanol–water partition coefficient (Wildman–Crippen LogP) is 4.34. The van der Waals surface area contributed by atoms with E-state index in [9.17, 15) is 0 Å². The van der Waals surface area contributed by atoms with Crippen LogP contribution in [-0.2, 0) is 0 Å². The van der Waals surface area contributed by atoms with E-state index in [0.29, 0.717) is 0 Å². The summed E-state index contributed by atoms with van der Waals surface area (Å²) in [5.41, 5.74) is 7.66. The lowest BCUT2D eigenvalue weighted by atomic mass is 10.3. The minimum Gasteiger partial charge on any atom is -0.402 e. The van der Waals surface area contributed by atoms with E-state index in [1.54, 1.807) is 12.2 Å². The SMILES string of the molecule is C=C/C=C(/N)CC.CC.CC1=CCC=C1. The molecule has 0 atom stereocenters. The maximum Gasteiger partial charge on any atom is 0.00774 e. The molecular formula is C14H25N. The third-order valence-electron chi connectivity index (χ3n) is 1.70. The van der Waals surface area contributed by atoms with Crippen molar-refractivity contribution in [3.8, 4) is 0 Å². The van der Waals surface area contributed by atoms with Crippen molar-refractivity contribution in [1.82, 2.24) is 0 Å². The van der Waals surface area contributed by atoms with Crippen LogP contribution in [0.5, 0.6) is 0 Å². The molecule has 15 heavy (non-hydrogen) atoms. The van der Waals surface area contributed by atoms with E-state index < -0.39 is 0 Å². The fraction of sp³-hybridized carbons (Fsp3) is 0.429. The third-order valence-corrected chi connectivity index (χ3v) is 1.70. The van der Waals surface area contributed by atoms with Crippen LogP contribution >= 0.6 is 0 Å². The second kappa shape index (κ2) is 12.8. The average molecular weight is 207 g/mol. The Kier molecular flexibility index (Phi) is 13.8. The Balaban J connectivity index is 0. The van der Waals surface area contributed by atoms with Crippen molar-refractivity contribution in [2.45, 2.75) is 40.5 Å². The second-order valence-electron chi connectivity index (χ2n) is 2.92. The summed E-state index contributed by atoms with van der Waals surface area (Å²) >= 11 is 0. The fourth-order valence-electron chi connectivity index (χ4n) is 0.845. The molecule has 0 unspecified atom stereocenters. The zero-order valence-corrected chi connectivity index (χ0v) is 10.6. The lowest BCUT2D eigenvalue weighted by Gasteiger charge is -1.87. The predicted molar refractivity (Wildman–Crippen MR) is 71.6 cm³/mol. The highest BCUT2D eigenvalue weighted by atomic mass is 14.6. The zero-order valence-electron chi connectivity index (χ0n) is 10.6. The van der Waals surface area contributed by atoms with Crippen LogP contribution in [0.1, 0.15) is 40.5 Å². The fourth-order valence-corrected chi connectivity index (χ4v) is 0.845. The summed E-state index contributed by atoms with van der Waals surface area (Å²) < 4.78 is 0. The van der Waals surface area contributed by atoms with E-state index >= 15 is 0 Å². The maximum absolute atomic E-state index is 5.37. The standard InChI is InChI=1S/C6H11N.C6H8.C2H6/c1-3-5-6(7)4-2;1-6-4-2-3-5-6;1-2/h3,5H,1,4,7H2,2H3;2,4-5H,3H2,1H3;1-2H3/b6-5+;;. The molecule has 0 heterocycles. The van der Waals surface area contributed by atoms with E-state index in [2.05, 4.69) is 31.7 Å². The molecule has 0 saturated carbocycles. The Morgan fingerprint density at radius 3 is 2.27 bits per heavy atom. The summed E-state index contributed by atoms with van der Waals surface area (Å²) in [6, 6.07) is 0. The Bertz CT molecular complexity index is 229. The van der Waals surface area contributed by atoms with Gasteiger partial charge in [-0.05, 0) is 25.8 Å². The van der Waals surface area contributed by atoms with Crippen LogP contribution in [0.3, 0.4) is 0 Å². The van der Waals surface area contributed by atoms with Crippen LogP contribution in [-0.4, -0.2) is 0 Å². The molecule has 2 N–H and O–H groups in total. The molecule has 0 radical (unpaired) electrons. The molecule has 1 nitrogen and oxygen atoms in total. The molecule has 86 valence electrons. The van der Waals surface area contributed by atoms with E-state index in [-0.39, 0.29) is 0 Å². The zero-order chi connectivity index (χ0) is 12.1. The lowest BCUT2D eigenvalue weighted by Crippen LogP contribution is -1.92. The molecule has 0 aromatic carbocycles. The molecular weight excluding hydrogens is 182 g/mol. The monoisotopic (exact) mass is 207 g/mol. The maximum atomic E-state index is 5.37. The van der Waals surface area contributed by atoms with Crippen LogP contribution in [0.15, 0.2) is 48.2 Å². The molecule has 1 rings (SSSR count). The normalized spacial score (nSPS) is 13.1. The number of hydrogen-bond donors (Lipinski definition) is 1. The molecule has 0 fully saturated rings. The molecule has 0 aromatic rings. The van der Waals surface area contributed by atoms with E-state index in [0.717, 1.165) is 18.5 Å². The molecule has 1 aliphatic carbocycles. The molecule has 1 aliphatic rings. The van der Waals surface area contributed by atoms with Crippen molar-refractivity contribution in [1.29, 1.82) is 0 Å². The van der Waals surface area contributed by atoms with Crippen molar-refractivity contribution >= 4 is 0 Å². The van der Waals surface area contributed by atoms with Gasteiger partial charge in [-0.15, -0.1) is 0 Å². The van der Waals surface area contributed by atoms with E-state index in [4.69, 9.17) is 5.73 Å². The Labute approximate surface area is 95.1 Å². The Hall–Kier alpha value is -1.24. The van der Waals surface area contributed by atoms with E-state index in [1.807, 2.05) is 20.8 Å². The Morgan fingerprint density at radius 1 is 1.53 bits per heavy atom. The van der Waals surface area contributed by atoms with Crippen LogP contribution < -0.4 is 5.73 Å². The topological polar surface area (TPSA) is 26.0 Å². The minimum atomic E-state index is 0.884. The van der Waals surface area contributed by atoms with Gasteiger partial charge >= 0.3 is 0 Å². The van der Waals surface area contributed by atoms with Gasteiger partial charge in [-0.3, -0.25) is 0 Å². The quantitative estimate of drug-likeness (QED) is 0.670. The second-order valence-corrected chi connectivity index (χ2v) is 2.92. The van der Waals surface area contributed by atoms with Crippen molar-refractivity contribution in [3.05, 3.63) is 48.2 Å². The number of allylic oxidation sites excluding steroid dienone is 7. The molecule has 0 spiro atoms. The molecule has 0 bridgehead atoms. The lowest BCUT2D eigenvalue weighted by molar-refractivity contribution is 1.07. The highest BCUT2D eigenvalue weighted by molar-refractivity contribution is 5.23. The van der Waals surface area contributed by atoms with Crippen LogP contribution in [0.4, 0.5) is 0 Å². The first kappa shape index (κ1) is 16.2. The highest BCUT2D eigenvalue weighted by Gasteiger charge is 1.84. The van der Waals surface area contributed by atoms with Crippen molar-refractivity contribution in [2.75, 3.05) is 0 Å². The van der Waals surface area contributed by atoms with Gasteiger partial charge in [0.2, 0.25) is 0 Å². The minimum absolute atomic E-state index is 0.884. The van der Waals surface area contributed by atoms with Gasteiger partial charge in [-0.25, -0.2) is 0 Å². The van der Waals surface area contributed by atoms with Gasteiger partial charge in [0.1, 0.15) is 0 Å². The largest absolute Gasteiger partial charge is 0.402 e. The Morgan fingerprint density at radius 2 is 2.13 bits per heavy atom. The molecule has 1 heteroatoms. The number of hydrogen-bond acceptors (Lipinski definition) is 1. The summed E-state index contributed by atoms with van der Waals surface area (Å²) in [6.45, 7) is 11.6. The van der Waals surface area contributed by atoms with Gasteiger partial charge in [0.05, 0.1) is 0 Å². The summed E-state index contributed by atoms with van der Waals surface area (Å²) in [6.07, 6.45) is 12.1. The van der Waals surface area contributed by atoms with Gasteiger partial charge in [-0.2, -0.15) is 0 Å². The average Bonchev–Trinajstić information content (AvgIpc) is 2.73. The first-order chi connectivity index (χ1) is 7.20. The molecule has 0 aromatic heterocycles. The van der Waals surface area contributed by atoms with Crippen molar-refractivity contribution in [2.24, 2.45) is 5.73 Å². The van der Waals surface area contributed by atoms with Crippen LogP contribution in [0.2, 0.25) is 0 Å². The van der Waals surface area contributed by atoms with Gasteiger partial charge in [-0.1, -0.05) is 57.2 Å². The summed E-state index contributed by atoms with van der Waals surface area (Å²) in [7, 11) is 0. The first-order valence-electron chi connectivity index (χ1n) is 5.61. The van der Waals surface area contributed by atoms with Crippen molar-refractivity contribution in [3.63, 3.8) is 0 Å². The summed E-state index contributed by atoms with van der Waals surface area (Å²) in [5, 5.41) is 0. The molecule has 0 aliphatic heterocycles. The summed E-state index contributed by atoms with van der Waals surface area (Å²) in [5.74, 6) is 0. The van der Waals surface area contributed by atoms with Crippen molar-refractivity contribution < 1.29 is 0 Å². The van der Waals surface area contributed by atoms with Gasteiger partial charge in [0.15, 0.2) is 0 Å². The molecule has 0 saturated heterocycles. The highest BCUT2D eigenvalue weighted by Crippen LogP contribution is 2.05. The van der Waals surface area contributed by atoms with Gasteiger partial charge in [0, 0.05) is 5.70 Å². The van der Waals surface area contributed by atoms with E-state index in [1.165, 1.54) is 5.57 Å². The summed E-state index contributed by atoms with van der Waals surface area (Å²) in [4.78, 5) is 0. The van der Waals surface area contributed by atoms with Gasteiger partial charge < -0.3 is 5.73 Å². The third kappa shape index (κ3) is 12.8. The van der Waals surface area contributed by atoms with Crippen LogP contribution in [0.25, 0.3) is 0 Å².